The lowest BCUT2D eigenvalue weighted by atomic mass is 10.0. The average Bonchev–Trinajstić information content (AvgIpc) is 2.22. The number of carbonyl (C=O) groups excluding carboxylic acids is 1. The van der Waals surface area contributed by atoms with E-state index in [0.717, 1.165) is 31.2 Å². The van der Waals surface area contributed by atoms with Crippen LogP contribution in [0.2, 0.25) is 0 Å². The second-order valence-electron chi connectivity index (χ2n) is 4.46. The summed E-state index contributed by atoms with van der Waals surface area (Å²) in [5, 5.41) is 0. The van der Waals surface area contributed by atoms with Gasteiger partial charge in [-0.15, -0.1) is 0 Å². The standard InChI is InChI=1S/C15H21O/c1-4-5-6-7-8-15(16)14-10-12(2)9-13(3)11-14/h9-11H,1,4-8H2,2-3H3. The number of hydrogen-bond donors (Lipinski definition) is 0. The molecule has 0 unspecified atom stereocenters. The molecule has 1 aromatic rings. The topological polar surface area (TPSA) is 17.1 Å². The Kier molecular flexibility index (Phi) is 5.24. The van der Waals surface area contributed by atoms with Crippen LogP contribution in [0.1, 0.15) is 53.6 Å². The van der Waals surface area contributed by atoms with Crippen molar-refractivity contribution in [1.29, 1.82) is 0 Å². The molecule has 1 radical (unpaired) electrons. The van der Waals surface area contributed by atoms with Crippen LogP contribution in [0.5, 0.6) is 0 Å². The Morgan fingerprint density at radius 3 is 2.25 bits per heavy atom. The molecule has 0 aliphatic rings. The number of hydrogen-bond acceptors (Lipinski definition) is 1. The Bertz CT molecular complexity index is 332. The zero-order chi connectivity index (χ0) is 12.0. The molecule has 87 valence electrons. The van der Waals surface area contributed by atoms with Gasteiger partial charge in [0.25, 0.3) is 0 Å². The second-order valence-corrected chi connectivity index (χ2v) is 4.46. The van der Waals surface area contributed by atoms with E-state index >= 15 is 0 Å². The molecule has 1 rings (SSSR count). The molecule has 0 heterocycles. The molecular weight excluding hydrogens is 196 g/mol. The predicted molar refractivity (Wildman–Crippen MR) is 68.7 cm³/mol. The van der Waals surface area contributed by atoms with Crippen molar-refractivity contribution >= 4 is 5.78 Å². The van der Waals surface area contributed by atoms with Crippen LogP contribution >= 0.6 is 0 Å². The van der Waals surface area contributed by atoms with E-state index in [1.165, 1.54) is 11.1 Å². The normalized spacial score (nSPS) is 10.4. The molecule has 0 N–H and O–H groups in total. The minimum atomic E-state index is 0.274. The van der Waals surface area contributed by atoms with Crippen molar-refractivity contribution in [1.82, 2.24) is 0 Å². The SMILES string of the molecule is [CH2]CCCCCC(=O)c1cc(C)cc(C)c1. The van der Waals surface area contributed by atoms with Gasteiger partial charge >= 0.3 is 0 Å². The number of aryl methyl sites for hydroxylation is 2. The highest BCUT2D eigenvalue weighted by Gasteiger charge is 2.06. The number of unbranched alkanes of at least 4 members (excludes halogenated alkanes) is 3. The summed E-state index contributed by atoms with van der Waals surface area (Å²) in [6.45, 7) is 7.87. The van der Waals surface area contributed by atoms with E-state index in [-0.39, 0.29) is 5.78 Å². The van der Waals surface area contributed by atoms with Gasteiger partial charge in [-0.1, -0.05) is 43.4 Å². The maximum atomic E-state index is 11.9. The minimum absolute atomic E-state index is 0.274. The van der Waals surface area contributed by atoms with Gasteiger partial charge in [0, 0.05) is 12.0 Å². The fourth-order valence-electron chi connectivity index (χ4n) is 1.92. The first-order valence-electron chi connectivity index (χ1n) is 6.04. The van der Waals surface area contributed by atoms with Gasteiger partial charge in [0.05, 0.1) is 0 Å². The van der Waals surface area contributed by atoms with Crippen molar-refractivity contribution in [3.05, 3.63) is 41.8 Å². The number of ketones is 1. The van der Waals surface area contributed by atoms with Crippen LogP contribution in [-0.2, 0) is 0 Å². The second kappa shape index (κ2) is 6.47. The van der Waals surface area contributed by atoms with Crippen molar-refractivity contribution < 1.29 is 4.79 Å². The van der Waals surface area contributed by atoms with Crippen molar-refractivity contribution in [2.75, 3.05) is 0 Å². The van der Waals surface area contributed by atoms with E-state index in [1.54, 1.807) is 0 Å². The number of benzene rings is 1. The molecule has 0 fully saturated rings. The maximum Gasteiger partial charge on any atom is 0.162 e. The van der Waals surface area contributed by atoms with Gasteiger partial charge in [-0.2, -0.15) is 0 Å². The highest BCUT2D eigenvalue weighted by atomic mass is 16.1. The smallest absolute Gasteiger partial charge is 0.162 e. The molecule has 0 saturated heterocycles. The van der Waals surface area contributed by atoms with Crippen LogP contribution in [0.4, 0.5) is 0 Å². The molecule has 0 atom stereocenters. The van der Waals surface area contributed by atoms with Crippen molar-refractivity contribution in [3.63, 3.8) is 0 Å². The highest BCUT2D eigenvalue weighted by Crippen LogP contribution is 2.13. The number of rotatable bonds is 6. The number of carbonyl (C=O) groups is 1. The fraction of sp³-hybridized carbons (Fsp3) is 0.467. The summed E-state index contributed by atoms with van der Waals surface area (Å²) < 4.78 is 0. The highest BCUT2D eigenvalue weighted by molar-refractivity contribution is 5.96. The molecule has 0 saturated carbocycles. The molecule has 1 nitrogen and oxygen atoms in total. The molecule has 0 spiro atoms. The van der Waals surface area contributed by atoms with E-state index in [1.807, 2.05) is 26.0 Å². The summed E-state index contributed by atoms with van der Waals surface area (Å²) in [6, 6.07) is 6.06. The molecule has 0 amide bonds. The first-order valence-corrected chi connectivity index (χ1v) is 6.04. The van der Waals surface area contributed by atoms with Crippen LogP contribution in [-0.4, -0.2) is 5.78 Å². The Labute approximate surface area is 98.9 Å². The summed E-state index contributed by atoms with van der Waals surface area (Å²) in [5.74, 6) is 0.274. The van der Waals surface area contributed by atoms with Crippen LogP contribution in [0.25, 0.3) is 0 Å². The summed E-state index contributed by atoms with van der Waals surface area (Å²) in [7, 11) is 0. The molecule has 16 heavy (non-hydrogen) atoms. The van der Waals surface area contributed by atoms with E-state index < -0.39 is 0 Å². The predicted octanol–water partition coefficient (Wildman–Crippen LogP) is 4.27. The summed E-state index contributed by atoms with van der Waals surface area (Å²) in [5.41, 5.74) is 3.20. The molecule has 0 aliphatic heterocycles. The van der Waals surface area contributed by atoms with Gasteiger partial charge in [-0.3, -0.25) is 4.79 Å². The molecule has 0 aromatic heterocycles. The van der Waals surface area contributed by atoms with Crippen molar-refractivity contribution in [2.45, 2.75) is 46.0 Å². The average molecular weight is 217 g/mol. The zero-order valence-corrected chi connectivity index (χ0v) is 10.4. The third kappa shape index (κ3) is 4.18. The van der Waals surface area contributed by atoms with E-state index in [4.69, 9.17) is 0 Å². The zero-order valence-electron chi connectivity index (χ0n) is 10.4. The first-order chi connectivity index (χ1) is 7.63. The van der Waals surface area contributed by atoms with Gasteiger partial charge in [-0.05, 0) is 32.4 Å². The molecule has 1 aromatic carbocycles. The Morgan fingerprint density at radius 2 is 1.69 bits per heavy atom. The van der Waals surface area contributed by atoms with Crippen LogP contribution in [0.3, 0.4) is 0 Å². The third-order valence-electron chi connectivity index (χ3n) is 2.70. The molecule has 0 aliphatic carbocycles. The first kappa shape index (κ1) is 13.0. The number of Topliss-reactive ketones (excluding diaryl/α,β-unsaturated/α-hetero) is 1. The Morgan fingerprint density at radius 1 is 1.06 bits per heavy atom. The van der Waals surface area contributed by atoms with Gasteiger partial charge in [0.1, 0.15) is 0 Å². The van der Waals surface area contributed by atoms with Crippen molar-refractivity contribution in [3.8, 4) is 0 Å². The monoisotopic (exact) mass is 217 g/mol. The van der Waals surface area contributed by atoms with E-state index in [0.29, 0.717) is 6.42 Å². The van der Waals surface area contributed by atoms with Gasteiger partial charge in [-0.25, -0.2) is 0 Å². The summed E-state index contributed by atoms with van der Waals surface area (Å²) in [4.78, 5) is 11.9. The van der Waals surface area contributed by atoms with Crippen LogP contribution in [0.15, 0.2) is 18.2 Å². The van der Waals surface area contributed by atoms with Gasteiger partial charge in [0.2, 0.25) is 0 Å². The third-order valence-corrected chi connectivity index (χ3v) is 2.70. The molecular formula is C15H21O. The Hall–Kier alpha value is -1.11. The minimum Gasteiger partial charge on any atom is -0.294 e. The van der Waals surface area contributed by atoms with Crippen LogP contribution in [0, 0.1) is 20.8 Å². The molecule has 0 bridgehead atoms. The fourth-order valence-corrected chi connectivity index (χ4v) is 1.92. The lowest BCUT2D eigenvalue weighted by molar-refractivity contribution is 0.0979. The maximum absolute atomic E-state index is 11.9. The lowest BCUT2D eigenvalue weighted by Gasteiger charge is -2.04. The largest absolute Gasteiger partial charge is 0.294 e. The van der Waals surface area contributed by atoms with E-state index in [9.17, 15) is 4.79 Å². The quantitative estimate of drug-likeness (QED) is 0.513. The summed E-state index contributed by atoms with van der Waals surface area (Å²) >= 11 is 0. The molecule has 1 heteroatoms. The van der Waals surface area contributed by atoms with Gasteiger partial charge < -0.3 is 0 Å². The van der Waals surface area contributed by atoms with Gasteiger partial charge in [0.15, 0.2) is 5.78 Å². The Balaban J connectivity index is 2.52. The van der Waals surface area contributed by atoms with E-state index in [2.05, 4.69) is 13.0 Å². The van der Waals surface area contributed by atoms with Crippen molar-refractivity contribution in [2.24, 2.45) is 0 Å². The van der Waals surface area contributed by atoms with Crippen LogP contribution < -0.4 is 0 Å². The lowest BCUT2D eigenvalue weighted by Crippen LogP contribution is -2.00. The summed E-state index contributed by atoms with van der Waals surface area (Å²) in [6.07, 6.45) is 4.86.